The van der Waals surface area contributed by atoms with E-state index in [0.717, 1.165) is 61.6 Å². The van der Waals surface area contributed by atoms with Crippen LogP contribution in [0.2, 0.25) is 0 Å². The molecule has 2 heterocycles. The molecule has 1 aromatic carbocycles. The standard InChI is InChI=1S/C28H38N6O2S/c1-27(2,3)34-17-11-22(12-18-34)31-26-32-23(19-37-26)20-7-9-21(10-8-20)24(35)33-28(13-5-4-6-14-28)25(36)30-16-15-29/h7-10,19,22H,4-6,11-14,16-18H2,1-3H3,(H,30,36)(H,31,32)(H,33,35). The van der Waals surface area contributed by atoms with E-state index in [4.69, 9.17) is 10.2 Å². The first-order chi connectivity index (χ1) is 17.7. The summed E-state index contributed by atoms with van der Waals surface area (Å²) in [5.74, 6) is -0.548. The number of thiazole rings is 1. The molecular weight excluding hydrogens is 484 g/mol. The van der Waals surface area contributed by atoms with Crippen LogP contribution >= 0.6 is 11.3 Å². The molecule has 1 saturated heterocycles. The number of likely N-dealkylation sites (tertiary alicyclic amines) is 1. The number of benzene rings is 1. The van der Waals surface area contributed by atoms with Gasteiger partial charge in [0.05, 0.1) is 11.8 Å². The first-order valence-corrected chi connectivity index (χ1v) is 14.1. The molecule has 37 heavy (non-hydrogen) atoms. The molecule has 1 aromatic heterocycles. The monoisotopic (exact) mass is 522 g/mol. The second-order valence-electron chi connectivity index (χ2n) is 11.1. The lowest BCUT2D eigenvalue weighted by Gasteiger charge is -2.41. The molecule has 3 N–H and O–H groups in total. The largest absolute Gasteiger partial charge is 0.359 e. The predicted octanol–water partition coefficient (Wildman–Crippen LogP) is 4.56. The number of hydrogen-bond donors (Lipinski definition) is 3. The maximum atomic E-state index is 13.1. The van der Waals surface area contributed by atoms with Gasteiger partial charge in [-0.05, 0) is 58.6 Å². The van der Waals surface area contributed by atoms with Crippen LogP contribution in [0.3, 0.4) is 0 Å². The average Bonchev–Trinajstić information content (AvgIpc) is 3.36. The quantitative estimate of drug-likeness (QED) is 0.460. The lowest BCUT2D eigenvalue weighted by molar-refractivity contribution is -0.128. The Morgan fingerprint density at radius 3 is 2.43 bits per heavy atom. The minimum Gasteiger partial charge on any atom is -0.359 e. The first kappa shape index (κ1) is 27.1. The Morgan fingerprint density at radius 2 is 1.81 bits per heavy atom. The fourth-order valence-corrected chi connectivity index (χ4v) is 6.07. The maximum Gasteiger partial charge on any atom is 0.252 e. The Labute approximate surface area is 223 Å². The van der Waals surface area contributed by atoms with E-state index in [-0.39, 0.29) is 23.9 Å². The maximum absolute atomic E-state index is 13.1. The lowest BCUT2D eigenvalue weighted by Crippen LogP contribution is -2.59. The van der Waals surface area contributed by atoms with E-state index >= 15 is 0 Å². The van der Waals surface area contributed by atoms with Crippen molar-refractivity contribution in [2.45, 2.75) is 82.8 Å². The summed E-state index contributed by atoms with van der Waals surface area (Å²) >= 11 is 1.60. The number of amides is 2. The van der Waals surface area contributed by atoms with E-state index < -0.39 is 5.54 Å². The van der Waals surface area contributed by atoms with Gasteiger partial charge >= 0.3 is 0 Å². The van der Waals surface area contributed by atoms with Crippen molar-refractivity contribution in [3.8, 4) is 17.3 Å². The van der Waals surface area contributed by atoms with Crippen molar-refractivity contribution in [1.29, 1.82) is 5.26 Å². The van der Waals surface area contributed by atoms with Crippen LogP contribution in [-0.2, 0) is 4.79 Å². The summed E-state index contributed by atoms with van der Waals surface area (Å²) in [5, 5.41) is 21.0. The molecule has 1 saturated carbocycles. The van der Waals surface area contributed by atoms with E-state index in [1.54, 1.807) is 23.5 Å². The average molecular weight is 523 g/mol. The lowest BCUT2D eigenvalue weighted by atomic mass is 9.80. The summed E-state index contributed by atoms with van der Waals surface area (Å²) in [6.45, 7) is 8.92. The van der Waals surface area contributed by atoms with Crippen LogP contribution in [0.4, 0.5) is 5.13 Å². The van der Waals surface area contributed by atoms with Gasteiger partial charge < -0.3 is 16.0 Å². The molecule has 9 heteroatoms. The van der Waals surface area contributed by atoms with Crippen molar-refractivity contribution in [2.75, 3.05) is 25.0 Å². The van der Waals surface area contributed by atoms with E-state index in [1.807, 2.05) is 23.6 Å². The van der Waals surface area contributed by atoms with E-state index in [1.165, 1.54) is 0 Å². The number of nitriles is 1. The molecule has 0 radical (unpaired) electrons. The van der Waals surface area contributed by atoms with E-state index in [0.29, 0.717) is 24.4 Å². The number of aromatic nitrogens is 1. The van der Waals surface area contributed by atoms with Crippen molar-refractivity contribution in [2.24, 2.45) is 0 Å². The number of anilines is 1. The third-order valence-corrected chi connectivity index (χ3v) is 8.31. The molecule has 0 bridgehead atoms. The summed E-state index contributed by atoms with van der Waals surface area (Å²) in [6.07, 6.45) is 6.15. The number of nitrogens with one attached hydrogen (secondary N) is 3. The fraction of sp³-hybridized carbons (Fsp3) is 0.571. The molecule has 4 rings (SSSR count). The van der Waals surface area contributed by atoms with Crippen LogP contribution in [-0.4, -0.2) is 58.5 Å². The van der Waals surface area contributed by atoms with Crippen molar-refractivity contribution in [1.82, 2.24) is 20.5 Å². The Bertz CT molecular complexity index is 1120. The van der Waals surface area contributed by atoms with Gasteiger partial charge in [-0.15, -0.1) is 11.3 Å². The highest BCUT2D eigenvalue weighted by Gasteiger charge is 2.40. The second-order valence-corrected chi connectivity index (χ2v) is 12.0. The number of rotatable bonds is 7. The molecule has 0 unspecified atom stereocenters. The van der Waals surface area contributed by atoms with Crippen LogP contribution in [0.1, 0.15) is 76.1 Å². The summed E-state index contributed by atoms with van der Waals surface area (Å²) in [4.78, 5) is 33.2. The molecule has 1 aliphatic heterocycles. The summed E-state index contributed by atoms with van der Waals surface area (Å²) in [7, 11) is 0. The van der Waals surface area contributed by atoms with Crippen molar-refractivity contribution in [3.63, 3.8) is 0 Å². The molecule has 198 valence electrons. The SMILES string of the molecule is CC(C)(C)N1CCC(Nc2nc(-c3ccc(C(=O)NC4(C(=O)NCC#N)CCCCC4)cc3)cs2)CC1. The zero-order valence-electron chi connectivity index (χ0n) is 22.1. The highest BCUT2D eigenvalue weighted by molar-refractivity contribution is 7.14. The van der Waals surface area contributed by atoms with Crippen molar-refractivity contribution < 1.29 is 9.59 Å². The van der Waals surface area contributed by atoms with E-state index in [9.17, 15) is 9.59 Å². The van der Waals surface area contributed by atoms with Gasteiger partial charge in [0.15, 0.2) is 5.13 Å². The van der Waals surface area contributed by atoms with Crippen LogP contribution in [0, 0.1) is 11.3 Å². The van der Waals surface area contributed by atoms with Crippen LogP contribution in [0.5, 0.6) is 0 Å². The summed E-state index contributed by atoms with van der Waals surface area (Å²) in [5.41, 5.74) is 1.58. The molecule has 1 aliphatic carbocycles. The first-order valence-electron chi connectivity index (χ1n) is 13.3. The van der Waals surface area contributed by atoms with Crippen LogP contribution in [0.25, 0.3) is 11.3 Å². The van der Waals surface area contributed by atoms with Gasteiger partial charge in [-0.2, -0.15) is 5.26 Å². The smallest absolute Gasteiger partial charge is 0.252 e. The van der Waals surface area contributed by atoms with Gasteiger partial charge in [0.1, 0.15) is 12.1 Å². The Morgan fingerprint density at radius 1 is 1.14 bits per heavy atom. The minimum atomic E-state index is -0.955. The number of nitrogens with zero attached hydrogens (tertiary/aromatic N) is 3. The van der Waals surface area contributed by atoms with Gasteiger partial charge in [-0.1, -0.05) is 31.4 Å². The topological polar surface area (TPSA) is 110 Å². The van der Waals surface area contributed by atoms with Gasteiger partial charge in [-0.25, -0.2) is 4.98 Å². The molecule has 2 fully saturated rings. The number of piperidine rings is 1. The van der Waals surface area contributed by atoms with Gasteiger partial charge in [0, 0.05) is 41.2 Å². The third-order valence-electron chi connectivity index (χ3n) is 7.54. The van der Waals surface area contributed by atoms with Crippen LogP contribution in [0.15, 0.2) is 29.6 Å². The minimum absolute atomic E-state index is 0.0637. The molecule has 0 spiro atoms. The van der Waals surface area contributed by atoms with Crippen LogP contribution < -0.4 is 16.0 Å². The number of hydrogen-bond acceptors (Lipinski definition) is 7. The number of carbonyl (C=O) groups excluding carboxylic acids is 2. The van der Waals surface area contributed by atoms with E-state index in [2.05, 4.69) is 41.6 Å². The molecule has 2 amide bonds. The highest BCUT2D eigenvalue weighted by atomic mass is 32.1. The van der Waals surface area contributed by atoms with Crippen molar-refractivity contribution >= 4 is 28.3 Å². The molecule has 2 aromatic rings. The Hall–Kier alpha value is -2.96. The Kier molecular flexibility index (Phi) is 8.50. The zero-order chi connectivity index (χ0) is 26.5. The molecule has 2 aliphatic rings. The second kappa shape index (κ2) is 11.6. The predicted molar refractivity (Wildman–Crippen MR) is 147 cm³/mol. The highest BCUT2D eigenvalue weighted by Crippen LogP contribution is 2.30. The molecular formula is C28H38N6O2S. The van der Waals surface area contributed by atoms with Crippen molar-refractivity contribution in [3.05, 3.63) is 35.2 Å². The molecule has 0 atom stereocenters. The normalized spacial score (nSPS) is 18.5. The molecule has 8 nitrogen and oxygen atoms in total. The zero-order valence-corrected chi connectivity index (χ0v) is 22.9. The van der Waals surface area contributed by atoms with Gasteiger partial charge in [0.2, 0.25) is 5.91 Å². The summed E-state index contributed by atoms with van der Waals surface area (Å²) < 4.78 is 0. The third kappa shape index (κ3) is 6.68. The fourth-order valence-electron chi connectivity index (χ4n) is 5.28. The summed E-state index contributed by atoms with van der Waals surface area (Å²) in [6, 6.07) is 9.73. The van der Waals surface area contributed by atoms with Gasteiger partial charge in [0.25, 0.3) is 5.91 Å². The number of carbonyl (C=O) groups is 2. The Balaban J connectivity index is 1.36. The van der Waals surface area contributed by atoms with Gasteiger partial charge in [-0.3, -0.25) is 14.5 Å².